The largest absolute Gasteiger partial charge is 0.462 e. The molecule has 0 atom stereocenters. The van der Waals surface area contributed by atoms with Crippen LogP contribution in [0.25, 0.3) is 0 Å². The van der Waals surface area contributed by atoms with Crippen molar-refractivity contribution in [2.24, 2.45) is 0 Å². The highest BCUT2D eigenvalue weighted by Crippen LogP contribution is 2.33. The average Bonchev–Trinajstić information content (AvgIpc) is 2.50. The number of carbonyl (C=O) groups excluding carboxylic acids is 1. The van der Waals surface area contributed by atoms with Crippen molar-refractivity contribution in [1.82, 2.24) is 0 Å². The number of non-ortho nitro benzene ring substituents is 1. The van der Waals surface area contributed by atoms with Crippen LogP contribution in [0.5, 0.6) is 0 Å². The van der Waals surface area contributed by atoms with Crippen LogP contribution in [0, 0.1) is 10.1 Å². The average molecular weight is 338 g/mol. The second kappa shape index (κ2) is 7.29. The Morgan fingerprint density at radius 2 is 1.95 bits per heavy atom. The summed E-state index contributed by atoms with van der Waals surface area (Å²) in [6.45, 7) is 2.00. The number of benzene rings is 2. The zero-order valence-electron chi connectivity index (χ0n) is 11.6. The van der Waals surface area contributed by atoms with Gasteiger partial charge in [-0.1, -0.05) is 23.4 Å². The molecule has 0 amide bonds. The summed E-state index contributed by atoms with van der Waals surface area (Å²) in [5, 5.41) is 11.1. The van der Waals surface area contributed by atoms with Gasteiger partial charge < -0.3 is 4.74 Å². The molecule has 0 fully saturated rings. The zero-order valence-corrected chi connectivity index (χ0v) is 13.2. The van der Waals surface area contributed by atoms with Gasteiger partial charge in [-0.05, 0) is 37.3 Å². The number of halogens is 1. The Morgan fingerprint density at radius 3 is 2.55 bits per heavy atom. The maximum absolute atomic E-state index is 12.0. The fourth-order valence-electron chi connectivity index (χ4n) is 1.72. The molecule has 2 aromatic carbocycles. The van der Waals surface area contributed by atoms with E-state index in [0.717, 1.165) is 4.90 Å². The van der Waals surface area contributed by atoms with Crippen LogP contribution >= 0.6 is 23.4 Å². The minimum Gasteiger partial charge on any atom is -0.462 e. The second-order valence-corrected chi connectivity index (χ2v) is 5.77. The molecule has 2 aromatic rings. The van der Waals surface area contributed by atoms with Crippen molar-refractivity contribution < 1.29 is 14.5 Å². The number of ether oxygens (including phenoxy) is 1. The third-order valence-electron chi connectivity index (χ3n) is 2.71. The molecule has 0 bridgehead atoms. The molecule has 0 radical (unpaired) electrons. The first kappa shape index (κ1) is 16.3. The molecule has 0 N–H and O–H groups in total. The first-order valence-electron chi connectivity index (χ1n) is 6.40. The molecular formula is C15H12ClNO4S. The van der Waals surface area contributed by atoms with E-state index in [0.29, 0.717) is 15.5 Å². The van der Waals surface area contributed by atoms with Crippen molar-refractivity contribution >= 4 is 35.0 Å². The van der Waals surface area contributed by atoms with Gasteiger partial charge in [0.1, 0.15) is 0 Å². The van der Waals surface area contributed by atoms with Crippen LogP contribution in [0.3, 0.4) is 0 Å². The second-order valence-electron chi connectivity index (χ2n) is 4.21. The lowest BCUT2D eigenvalue weighted by molar-refractivity contribution is -0.384. The van der Waals surface area contributed by atoms with Gasteiger partial charge >= 0.3 is 5.97 Å². The summed E-state index contributed by atoms with van der Waals surface area (Å²) in [5.74, 6) is -0.450. The summed E-state index contributed by atoms with van der Waals surface area (Å²) in [4.78, 5) is 23.6. The van der Waals surface area contributed by atoms with Crippen LogP contribution in [0.1, 0.15) is 17.3 Å². The highest BCUT2D eigenvalue weighted by Gasteiger charge is 2.15. The molecule has 0 spiro atoms. The molecule has 0 aliphatic rings. The molecule has 0 aromatic heterocycles. The maximum Gasteiger partial charge on any atom is 0.339 e. The molecule has 0 heterocycles. The monoisotopic (exact) mass is 337 g/mol. The molecule has 114 valence electrons. The van der Waals surface area contributed by atoms with Crippen molar-refractivity contribution in [2.75, 3.05) is 6.61 Å². The van der Waals surface area contributed by atoms with Gasteiger partial charge in [0.2, 0.25) is 0 Å². The summed E-state index contributed by atoms with van der Waals surface area (Å²) < 4.78 is 5.01. The summed E-state index contributed by atoms with van der Waals surface area (Å²) in [6, 6.07) is 11.1. The van der Waals surface area contributed by atoms with E-state index >= 15 is 0 Å². The van der Waals surface area contributed by atoms with E-state index in [1.807, 2.05) is 0 Å². The van der Waals surface area contributed by atoms with E-state index < -0.39 is 10.9 Å². The predicted octanol–water partition coefficient (Wildman–Crippen LogP) is 4.58. The van der Waals surface area contributed by atoms with Crippen LogP contribution < -0.4 is 0 Å². The van der Waals surface area contributed by atoms with Gasteiger partial charge in [-0.2, -0.15) is 0 Å². The number of hydrogen-bond acceptors (Lipinski definition) is 5. The molecule has 5 nitrogen and oxygen atoms in total. The molecule has 0 saturated carbocycles. The predicted molar refractivity (Wildman–Crippen MR) is 84.6 cm³/mol. The van der Waals surface area contributed by atoms with Crippen LogP contribution in [0.4, 0.5) is 5.69 Å². The standard InChI is InChI=1S/C15H12ClNO4S/c1-2-21-15(18)13-9-10(16)3-8-14(13)22-12-6-4-11(5-7-12)17(19)20/h3-9H,2H2,1H3. The summed E-state index contributed by atoms with van der Waals surface area (Å²) in [7, 11) is 0. The van der Waals surface area contributed by atoms with E-state index in [-0.39, 0.29) is 12.3 Å². The van der Waals surface area contributed by atoms with Gasteiger partial charge in [0.25, 0.3) is 5.69 Å². The third-order valence-corrected chi connectivity index (χ3v) is 4.03. The normalized spacial score (nSPS) is 10.3. The quantitative estimate of drug-likeness (QED) is 0.454. The number of nitrogens with zero attached hydrogens (tertiary/aromatic N) is 1. The Hall–Kier alpha value is -2.05. The minimum atomic E-state index is -0.458. The first-order chi connectivity index (χ1) is 10.5. The lowest BCUT2D eigenvalue weighted by Gasteiger charge is -2.09. The van der Waals surface area contributed by atoms with Crippen LogP contribution in [0.15, 0.2) is 52.3 Å². The van der Waals surface area contributed by atoms with E-state index in [9.17, 15) is 14.9 Å². The summed E-state index contributed by atoms with van der Waals surface area (Å²) in [5.41, 5.74) is 0.392. The number of hydrogen-bond donors (Lipinski definition) is 0. The lowest BCUT2D eigenvalue weighted by Crippen LogP contribution is -2.06. The smallest absolute Gasteiger partial charge is 0.339 e. The van der Waals surface area contributed by atoms with Crippen LogP contribution in [0.2, 0.25) is 5.02 Å². The topological polar surface area (TPSA) is 69.4 Å². The van der Waals surface area contributed by atoms with Crippen molar-refractivity contribution in [3.8, 4) is 0 Å². The van der Waals surface area contributed by atoms with Crippen molar-refractivity contribution in [1.29, 1.82) is 0 Å². The molecule has 0 aliphatic carbocycles. The van der Waals surface area contributed by atoms with Gasteiger partial charge in [-0.25, -0.2) is 4.79 Å². The number of rotatable bonds is 5. The van der Waals surface area contributed by atoms with E-state index in [1.165, 1.54) is 23.9 Å². The van der Waals surface area contributed by atoms with E-state index in [1.54, 1.807) is 37.3 Å². The van der Waals surface area contributed by atoms with Crippen molar-refractivity contribution in [3.63, 3.8) is 0 Å². The molecule has 0 saturated heterocycles. The van der Waals surface area contributed by atoms with Crippen LogP contribution in [-0.2, 0) is 4.74 Å². The fourth-order valence-corrected chi connectivity index (χ4v) is 2.81. The molecule has 7 heteroatoms. The highest BCUT2D eigenvalue weighted by molar-refractivity contribution is 7.99. The highest BCUT2D eigenvalue weighted by atomic mass is 35.5. The van der Waals surface area contributed by atoms with Gasteiger partial charge in [0, 0.05) is 26.9 Å². The third kappa shape index (κ3) is 3.99. The van der Waals surface area contributed by atoms with E-state index in [4.69, 9.17) is 16.3 Å². The molecular weight excluding hydrogens is 326 g/mol. The van der Waals surface area contributed by atoms with E-state index in [2.05, 4.69) is 0 Å². The molecule has 22 heavy (non-hydrogen) atoms. The maximum atomic E-state index is 12.0. The minimum absolute atomic E-state index is 0.0195. The van der Waals surface area contributed by atoms with Gasteiger partial charge in [0.05, 0.1) is 17.1 Å². The Labute approximate surface area is 136 Å². The first-order valence-corrected chi connectivity index (χ1v) is 7.59. The number of nitro groups is 1. The fraction of sp³-hybridized carbons (Fsp3) is 0.133. The Kier molecular flexibility index (Phi) is 5.41. The molecule has 0 aliphatic heterocycles. The number of carbonyl (C=O) groups is 1. The van der Waals surface area contributed by atoms with Gasteiger partial charge in [-0.3, -0.25) is 10.1 Å². The molecule has 0 unspecified atom stereocenters. The summed E-state index contributed by atoms with van der Waals surface area (Å²) in [6.07, 6.45) is 0. The Morgan fingerprint density at radius 1 is 1.27 bits per heavy atom. The van der Waals surface area contributed by atoms with Crippen molar-refractivity contribution in [2.45, 2.75) is 16.7 Å². The number of esters is 1. The van der Waals surface area contributed by atoms with Gasteiger partial charge in [0.15, 0.2) is 0 Å². The summed E-state index contributed by atoms with van der Waals surface area (Å²) >= 11 is 7.24. The van der Waals surface area contributed by atoms with Crippen LogP contribution in [-0.4, -0.2) is 17.5 Å². The van der Waals surface area contributed by atoms with Gasteiger partial charge in [-0.15, -0.1) is 0 Å². The lowest BCUT2D eigenvalue weighted by atomic mass is 10.2. The number of nitro benzene ring substituents is 1. The SMILES string of the molecule is CCOC(=O)c1cc(Cl)ccc1Sc1ccc([N+](=O)[O-])cc1. The Balaban J connectivity index is 2.28. The molecule has 2 rings (SSSR count). The zero-order chi connectivity index (χ0) is 16.1. The Bertz CT molecular complexity index is 703. The van der Waals surface area contributed by atoms with Crippen molar-refractivity contribution in [3.05, 3.63) is 63.2 Å².